The van der Waals surface area contributed by atoms with Crippen molar-refractivity contribution < 1.29 is 4.74 Å². The van der Waals surface area contributed by atoms with Gasteiger partial charge in [0, 0.05) is 12.6 Å². The van der Waals surface area contributed by atoms with Gasteiger partial charge in [0.05, 0.1) is 17.3 Å². The SMILES string of the molecule is c1ccc(CO[C@@H](CCC2SCCCS2)[C@@H]2CN2)cc1. The van der Waals surface area contributed by atoms with Gasteiger partial charge in [-0.05, 0) is 36.3 Å². The van der Waals surface area contributed by atoms with Crippen LogP contribution in [-0.2, 0) is 11.3 Å². The van der Waals surface area contributed by atoms with Gasteiger partial charge in [-0.2, -0.15) is 0 Å². The molecule has 0 aromatic heterocycles. The van der Waals surface area contributed by atoms with E-state index in [0.717, 1.165) is 17.7 Å². The van der Waals surface area contributed by atoms with Gasteiger partial charge < -0.3 is 10.1 Å². The maximum atomic E-state index is 6.16. The molecule has 0 spiro atoms. The molecule has 3 rings (SSSR count). The largest absolute Gasteiger partial charge is 0.372 e. The highest BCUT2D eigenvalue weighted by Gasteiger charge is 2.31. The molecular formula is C16H23NOS2. The van der Waals surface area contributed by atoms with Gasteiger partial charge in [-0.1, -0.05) is 30.3 Å². The molecule has 1 aromatic carbocycles. The third-order valence-electron chi connectivity index (χ3n) is 3.78. The fourth-order valence-electron chi connectivity index (χ4n) is 2.51. The summed E-state index contributed by atoms with van der Waals surface area (Å²) in [5, 5.41) is 3.42. The van der Waals surface area contributed by atoms with Crippen molar-refractivity contribution in [1.82, 2.24) is 5.32 Å². The first-order chi connectivity index (χ1) is 9.92. The van der Waals surface area contributed by atoms with E-state index in [2.05, 4.69) is 59.2 Å². The van der Waals surface area contributed by atoms with Gasteiger partial charge >= 0.3 is 0 Å². The minimum atomic E-state index is 0.387. The Labute approximate surface area is 130 Å². The summed E-state index contributed by atoms with van der Waals surface area (Å²) in [6.45, 7) is 1.87. The van der Waals surface area contributed by atoms with E-state index in [4.69, 9.17) is 4.74 Å². The van der Waals surface area contributed by atoms with Crippen LogP contribution in [0.5, 0.6) is 0 Å². The van der Waals surface area contributed by atoms with E-state index in [0.29, 0.717) is 12.1 Å². The van der Waals surface area contributed by atoms with Crippen LogP contribution < -0.4 is 5.32 Å². The minimum Gasteiger partial charge on any atom is -0.372 e. The number of hydrogen-bond donors (Lipinski definition) is 1. The fraction of sp³-hybridized carbons (Fsp3) is 0.625. The lowest BCUT2D eigenvalue weighted by molar-refractivity contribution is 0.0338. The van der Waals surface area contributed by atoms with E-state index < -0.39 is 0 Å². The molecule has 2 aliphatic rings. The smallest absolute Gasteiger partial charge is 0.0745 e. The number of ether oxygens (including phenoxy) is 1. The number of benzene rings is 1. The minimum absolute atomic E-state index is 0.387. The van der Waals surface area contributed by atoms with Crippen LogP contribution in [0, 0.1) is 0 Å². The summed E-state index contributed by atoms with van der Waals surface area (Å²) >= 11 is 4.28. The number of thioether (sulfide) groups is 2. The molecule has 2 saturated heterocycles. The van der Waals surface area contributed by atoms with Crippen LogP contribution in [0.1, 0.15) is 24.8 Å². The lowest BCUT2D eigenvalue weighted by Gasteiger charge is -2.23. The molecule has 2 atom stereocenters. The molecule has 110 valence electrons. The van der Waals surface area contributed by atoms with Gasteiger partial charge in [0.25, 0.3) is 0 Å². The summed E-state index contributed by atoms with van der Waals surface area (Å²) < 4.78 is 6.96. The zero-order valence-corrected chi connectivity index (χ0v) is 13.4. The first-order valence-corrected chi connectivity index (χ1v) is 9.64. The second-order valence-corrected chi connectivity index (χ2v) is 8.37. The first-order valence-electron chi connectivity index (χ1n) is 7.54. The number of nitrogens with one attached hydrogen (secondary N) is 1. The lowest BCUT2D eigenvalue weighted by atomic mass is 10.1. The Morgan fingerprint density at radius 2 is 1.95 bits per heavy atom. The van der Waals surface area contributed by atoms with Crippen molar-refractivity contribution in [2.75, 3.05) is 18.1 Å². The standard InChI is InChI=1S/C16H23NOS2/c1-2-5-13(6-3-1)12-18-15(14-11-17-14)7-8-16-19-9-4-10-20-16/h1-3,5-6,14-17H,4,7-12H2/t14-,15-/m0/s1. The zero-order valence-electron chi connectivity index (χ0n) is 11.8. The quantitative estimate of drug-likeness (QED) is 0.781. The summed E-state index contributed by atoms with van der Waals surface area (Å²) in [5.41, 5.74) is 1.28. The molecule has 2 heterocycles. The molecular weight excluding hydrogens is 286 g/mol. The molecule has 0 radical (unpaired) electrons. The van der Waals surface area contributed by atoms with Gasteiger partial charge in [0.2, 0.25) is 0 Å². The summed E-state index contributed by atoms with van der Waals surface area (Å²) in [6.07, 6.45) is 4.24. The summed E-state index contributed by atoms with van der Waals surface area (Å²) in [4.78, 5) is 0. The van der Waals surface area contributed by atoms with Gasteiger partial charge in [-0.25, -0.2) is 0 Å². The average molecular weight is 310 g/mol. The highest BCUT2D eigenvalue weighted by molar-refractivity contribution is 8.17. The Morgan fingerprint density at radius 1 is 1.20 bits per heavy atom. The Balaban J connectivity index is 1.43. The zero-order chi connectivity index (χ0) is 13.6. The van der Waals surface area contributed by atoms with Crippen molar-refractivity contribution in [3.63, 3.8) is 0 Å². The van der Waals surface area contributed by atoms with Crippen LogP contribution in [0.4, 0.5) is 0 Å². The lowest BCUT2D eigenvalue weighted by Crippen LogP contribution is -2.23. The molecule has 4 heteroatoms. The van der Waals surface area contributed by atoms with Crippen LogP contribution in [0.25, 0.3) is 0 Å². The van der Waals surface area contributed by atoms with E-state index in [-0.39, 0.29) is 0 Å². The Hall–Kier alpha value is -0.160. The maximum absolute atomic E-state index is 6.16. The Kier molecular flexibility index (Phi) is 5.71. The third kappa shape index (κ3) is 4.69. The molecule has 0 unspecified atom stereocenters. The average Bonchev–Trinajstić information content (AvgIpc) is 3.34. The summed E-state index contributed by atoms with van der Waals surface area (Å²) in [5.74, 6) is 2.68. The van der Waals surface area contributed by atoms with Crippen LogP contribution >= 0.6 is 23.5 Å². The fourth-order valence-corrected chi connectivity index (χ4v) is 5.41. The van der Waals surface area contributed by atoms with E-state index in [1.807, 2.05) is 0 Å². The van der Waals surface area contributed by atoms with E-state index in [1.165, 1.54) is 36.3 Å². The third-order valence-corrected chi connectivity index (χ3v) is 6.86. The predicted molar refractivity (Wildman–Crippen MR) is 89.4 cm³/mol. The van der Waals surface area contributed by atoms with Crippen molar-refractivity contribution in [2.24, 2.45) is 0 Å². The Morgan fingerprint density at radius 3 is 2.65 bits per heavy atom. The first kappa shape index (κ1) is 14.8. The molecule has 20 heavy (non-hydrogen) atoms. The predicted octanol–water partition coefficient (Wildman–Crippen LogP) is 3.52. The van der Waals surface area contributed by atoms with Crippen LogP contribution in [0.2, 0.25) is 0 Å². The van der Waals surface area contributed by atoms with E-state index >= 15 is 0 Å². The summed E-state index contributed by atoms with van der Waals surface area (Å²) in [6, 6.07) is 11.1. The van der Waals surface area contributed by atoms with Gasteiger partial charge in [-0.3, -0.25) is 0 Å². The van der Waals surface area contributed by atoms with Gasteiger partial charge in [0.1, 0.15) is 0 Å². The Bertz CT molecular complexity index is 391. The highest BCUT2D eigenvalue weighted by atomic mass is 32.2. The normalized spacial score (nSPS) is 24.5. The monoisotopic (exact) mass is 309 g/mol. The topological polar surface area (TPSA) is 31.2 Å². The molecule has 1 aromatic rings. The van der Waals surface area contributed by atoms with E-state index in [9.17, 15) is 0 Å². The molecule has 0 saturated carbocycles. The van der Waals surface area contributed by atoms with Crippen molar-refractivity contribution in [1.29, 1.82) is 0 Å². The van der Waals surface area contributed by atoms with Gasteiger partial charge in [-0.15, -0.1) is 23.5 Å². The van der Waals surface area contributed by atoms with Gasteiger partial charge in [0.15, 0.2) is 0 Å². The molecule has 2 fully saturated rings. The molecule has 0 amide bonds. The van der Waals surface area contributed by atoms with E-state index in [1.54, 1.807) is 0 Å². The van der Waals surface area contributed by atoms with Crippen molar-refractivity contribution >= 4 is 23.5 Å². The molecule has 0 bridgehead atoms. The van der Waals surface area contributed by atoms with Crippen molar-refractivity contribution in [3.05, 3.63) is 35.9 Å². The second kappa shape index (κ2) is 7.74. The summed E-state index contributed by atoms with van der Waals surface area (Å²) in [7, 11) is 0. The molecule has 1 N–H and O–H groups in total. The second-order valence-electron chi connectivity index (χ2n) is 5.45. The number of hydrogen-bond acceptors (Lipinski definition) is 4. The maximum Gasteiger partial charge on any atom is 0.0745 e. The highest BCUT2D eigenvalue weighted by Crippen LogP contribution is 2.34. The van der Waals surface area contributed by atoms with Crippen LogP contribution in [0.15, 0.2) is 30.3 Å². The van der Waals surface area contributed by atoms with Crippen LogP contribution in [-0.4, -0.2) is 34.8 Å². The van der Waals surface area contributed by atoms with Crippen molar-refractivity contribution in [3.8, 4) is 0 Å². The molecule has 2 nitrogen and oxygen atoms in total. The van der Waals surface area contributed by atoms with Crippen molar-refractivity contribution in [2.45, 2.75) is 42.6 Å². The van der Waals surface area contributed by atoms with Crippen LogP contribution in [0.3, 0.4) is 0 Å². The number of rotatable bonds is 7. The molecule has 2 aliphatic heterocycles. The molecule has 0 aliphatic carbocycles.